The van der Waals surface area contributed by atoms with Crippen molar-refractivity contribution in [1.82, 2.24) is 29.4 Å². The molecule has 2 heterocycles. The van der Waals surface area contributed by atoms with Gasteiger partial charge in [-0.3, -0.25) is 4.79 Å². The quantitative estimate of drug-likeness (QED) is 0.377. The molecule has 9 nitrogen and oxygen atoms in total. The summed E-state index contributed by atoms with van der Waals surface area (Å²) in [5.41, 5.74) is 0.896. The van der Waals surface area contributed by atoms with Gasteiger partial charge >= 0.3 is 6.18 Å². The Kier molecular flexibility index (Phi) is 8.74. The average Bonchev–Trinajstić information content (AvgIpc) is 3.32. The predicted molar refractivity (Wildman–Crippen MR) is 142 cm³/mol. The van der Waals surface area contributed by atoms with Crippen molar-refractivity contribution >= 4 is 22.0 Å². The highest BCUT2D eigenvalue weighted by molar-refractivity contribution is 7.89. The lowest BCUT2D eigenvalue weighted by Crippen LogP contribution is -2.41. The van der Waals surface area contributed by atoms with Crippen LogP contribution in [0.3, 0.4) is 0 Å². The third kappa shape index (κ3) is 7.13. The summed E-state index contributed by atoms with van der Waals surface area (Å²) < 4.78 is 67.3. The van der Waals surface area contributed by atoms with Crippen molar-refractivity contribution in [2.75, 3.05) is 26.7 Å². The molecule has 1 aliphatic heterocycles. The number of sulfonamides is 1. The highest BCUT2D eigenvalue weighted by atomic mass is 32.2. The van der Waals surface area contributed by atoms with Gasteiger partial charge in [0.05, 0.1) is 17.0 Å². The molecule has 0 N–H and O–H groups in total. The van der Waals surface area contributed by atoms with Gasteiger partial charge in [0.25, 0.3) is 0 Å². The maximum atomic E-state index is 13.3. The van der Waals surface area contributed by atoms with Gasteiger partial charge < -0.3 is 4.90 Å². The number of tetrazole rings is 1. The Labute approximate surface area is 231 Å². The first-order valence-electron chi connectivity index (χ1n) is 12.8. The van der Waals surface area contributed by atoms with E-state index in [0.717, 1.165) is 17.7 Å². The number of rotatable bonds is 8. The predicted octanol–water partition coefficient (Wildman–Crippen LogP) is 3.93. The topological polar surface area (TPSA) is 101 Å². The molecule has 0 aliphatic carbocycles. The largest absolute Gasteiger partial charge is 0.416 e. The lowest BCUT2D eigenvalue weighted by molar-refractivity contribution is -0.137. The van der Waals surface area contributed by atoms with Crippen molar-refractivity contribution in [3.63, 3.8) is 0 Å². The Bertz CT molecular complexity index is 1480. The van der Waals surface area contributed by atoms with Gasteiger partial charge in [-0.2, -0.15) is 22.3 Å². The van der Waals surface area contributed by atoms with E-state index in [1.54, 1.807) is 38.2 Å². The minimum atomic E-state index is -4.52. The lowest BCUT2D eigenvalue weighted by atomic mass is 9.97. The molecule has 214 valence electrons. The zero-order valence-electron chi connectivity index (χ0n) is 22.5. The summed E-state index contributed by atoms with van der Waals surface area (Å²) in [4.78, 5) is 15.8. The molecule has 0 radical (unpaired) electrons. The second-order valence-electron chi connectivity index (χ2n) is 9.99. The van der Waals surface area contributed by atoms with Gasteiger partial charge in [-0.1, -0.05) is 23.8 Å². The molecule has 13 heteroatoms. The minimum absolute atomic E-state index is 0.0431. The second kappa shape index (κ2) is 11.9. The standard InChI is InChI=1S/C27H31F3N6O3S/c1-19-4-9-25(10-5-19)40(38,39)35-14-12-21(13-15-35)17-34(3)26(37)11-7-22-6-8-24(27(28,29)30)16-23(22)18-36-32-20(2)31-33-36/h4-11,16,21H,12-15,17-18H2,1-3H3. The summed E-state index contributed by atoms with van der Waals surface area (Å²) in [6.45, 7) is 4.64. The highest BCUT2D eigenvalue weighted by Crippen LogP contribution is 2.31. The maximum Gasteiger partial charge on any atom is 0.416 e. The summed E-state index contributed by atoms with van der Waals surface area (Å²) in [5.74, 6) is 0.199. The van der Waals surface area contributed by atoms with Gasteiger partial charge in [-0.25, -0.2) is 8.42 Å². The van der Waals surface area contributed by atoms with Crippen LogP contribution >= 0.6 is 0 Å². The molecule has 0 saturated carbocycles. The van der Waals surface area contributed by atoms with Crippen LogP contribution in [0.1, 0.15) is 40.9 Å². The zero-order valence-corrected chi connectivity index (χ0v) is 23.3. The molecule has 1 fully saturated rings. The molecular formula is C27H31F3N6O3S. The second-order valence-corrected chi connectivity index (χ2v) is 11.9. The van der Waals surface area contributed by atoms with Crippen molar-refractivity contribution in [3.05, 3.63) is 76.6 Å². The monoisotopic (exact) mass is 576 g/mol. The van der Waals surface area contributed by atoms with Gasteiger partial charge in [-0.15, -0.1) is 10.2 Å². The number of nitrogens with zero attached hydrogens (tertiary/aromatic N) is 6. The maximum absolute atomic E-state index is 13.3. The number of hydrogen-bond donors (Lipinski definition) is 0. The van der Waals surface area contributed by atoms with E-state index in [0.29, 0.717) is 49.4 Å². The normalized spacial score (nSPS) is 15.6. The molecule has 1 amide bonds. The van der Waals surface area contributed by atoms with Gasteiger partial charge in [0.1, 0.15) is 0 Å². The third-order valence-electron chi connectivity index (χ3n) is 6.88. The summed E-state index contributed by atoms with van der Waals surface area (Å²) in [5, 5.41) is 11.6. The van der Waals surface area contributed by atoms with Gasteiger partial charge in [0.2, 0.25) is 15.9 Å². The van der Waals surface area contributed by atoms with Gasteiger partial charge in [0.15, 0.2) is 5.82 Å². The van der Waals surface area contributed by atoms with Crippen LogP contribution in [0.25, 0.3) is 6.08 Å². The van der Waals surface area contributed by atoms with Crippen LogP contribution in [0, 0.1) is 19.8 Å². The third-order valence-corrected chi connectivity index (χ3v) is 8.79. The number of alkyl halides is 3. The van der Waals surface area contributed by atoms with E-state index in [-0.39, 0.29) is 23.3 Å². The number of aromatic nitrogens is 4. The molecule has 1 saturated heterocycles. The number of piperidine rings is 1. The number of aryl methyl sites for hydroxylation is 2. The molecule has 2 aromatic carbocycles. The molecule has 1 aliphatic rings. The summed E-state index contributed by atoms with van der Waals surface area (Å²) in [7, 11) is -1.92. The van der Waals surface area contributed by atoms with E-state index >= 15 is 0 Å². The number of carbonyl (C=O) groups is 1. The van der Waals surface area contributed by atoms with Crippen LogP contribution in [0.15, 0.2) is 53.4 Å². The summed E-state index contributed by atoms with van der Waals surface area (Å²) >= 11 is 0. The van der Waals surface area contributed by atoms with Crippen molar-refractivity contribution < 1.29 is 26.4 Å². The molecule has 40 heavy (non-hydrogen) atoms. The van der Waals surface area contributed by atoms with Crippen LogP contribution in [0.5, 0.6) is 0 Å². The number of benzene rings is 2. The summed E-state index contributed by atoms with van der Waals surface area (Å²) in [6.07, 6.45) is -0.495. The van der Waals surface area contributed by atoms with E-state index < -0.39 is 21.8 Å². The highest BCUT2D eigenvalue weighted by Gasteiger charge is 2.31. The average molecular weight is 577 g/mol. The van der Waals surface area contributed by atoms with E-state index in [4.69, 9.17) is 0 Å². The van der Waals surface area contributed by atoms with Crippen molar-refractivity contribution in [1.29, 1.82) is 0 Å². The van der Waals surface area contributed by atoms with Crippen LogP contribution in [-0.2, 0) is 27.5 Å². The molecular weight excluding hydrogens is 545 g/mol. The van der Waals surface area contributed by atoms with Gasteiger partial charge in [-0.05, 0) is 79.3 Å². The SMILES string of the molecule is Cc1ccc(S(=O)(=O)N2CCC(CN(C)C(=O)C=Cc3ccc(C(F)(F)F)cc3Cn3nnc(C)n3)CC2)cc1. The molecule has 0 spiro atoms. The summed E-state index contributed by atoms with van der Waals surface area (Å²) in [6, 6.07) is 10.1. The molecule has 0 unspecified atom stereocenters. The van der Waals surface area contributed by atoms with Crippen molar-refractivity contribution in [2.45, 2.75) is 44.3 Å². The minimum Gasteiger partial charge on any atom is -0.342 e. The van der Waals surface area contributed by atoms with Crippen LogP contribution < -0.4 is 0 Å². The molecule has 4 rings (SSSR count). The number of halogens is 3. The fourth-order valence-electron chi connectivity index (χ4n) is 4.58. The fourth-order valence-corrected chi connectivity index (χ4v) is 6.05. The first-order valence-corrected chi connectivity index (χ1v) is 14.2. The van der Waals surface area contributed by atoms with E-state index in [1.807, 2.05) is 6.92 Å². The first-order chi connectivity index (χ1) is 18.8. The Balaban J connectivity index is 1.38. The Morgan fingerprint density at radius 3 is 2.38 bits per heavy atom. The number of likely N-dealkylation sites (N-methyl/N-ethyl adjacent to an activating group) is 1. The molecule has 1 aromatic heterocycles. The molecule has 0 bridgehead atoms. The van der Waals surface area contributed by atoms with E-state index in [9.17, 15) is 26.4 Å². The van der Waals surface area contributed by atoms with Gasteiger partial charge in [0, 0.05) is 32.8 Å². The Hall–Kier alpha value is -3.58. The molecule has 3 aromatic rings. The number of amides is 1. The lowest BCUT2D eigenvalue weighted by Gasteiger charge is -2.33. The number of carbonyl (C=O) groups excluding carboxylic acids is 1. The number of hydrogen-bond acceptors (Lipinski definition) is 6. The smallest absolute Gasteiger partial charge is 0.342 e. The zero-order chi connectivity index (χ0) is 29.1. The Morgan fingerprint density at radius 2 is 1.77 bits per heavy atom. The van der Waals surface area contributed by atoms with Crippen LogP contribution in [0.4, 0.5) is 13.2 Å². The van der Waals surface area contributed by atoms with Crippen molar-refractivity contribution in [2.24, 2.45) is 5.92 Å². The molecule has 0 atom stereocenters. The first kappa shape index (κ1) is 29.4. The van der Waals surface area contributed by atoms with E-state index in [2.05, 4.69) is 15.4 Å². The van der Waals surface area contributed by atoms with Crippen molar-refractivity contribution in [3.8, 4) is 0 Å². The fraction of sp³-hybridized carbons (Fsp3) is 0.407. The van der Waals surface area contributed by atoms with E-state index in [1.165, 1.54) is 32.2 Å². The van der Waals surface area contributed by atoms with Crippen LogP contribution in [0.2, 0.25) is 0 Å². The Morgan fingerprint density at radius 1 is 1.10 bits per heavy atom. The van der Waals surface area contributed by atoms with Crippen LogP contribution in [-0.4, -0.2) is 70.4 Å².